The summed E-state index contributed by atoms with van der Waals surface area (Å²) >= 11 is 0. The Hall–Kier alpha value is -2.55. The maximum absolute atomic E-state index is 12.2. The molecule has 160 valence electrons. The fourth-order valence-electron chi connectivity index (χ4n) is 3.25. The molecule has 3 rings (SSSR count). The van der Waals surface area contributed by atoms with E-state index in [9.17, 15) is 9.90 Å². The van der Waals surface area contributed by atoms with Gasteiger partial charge in [-0.2, -0.15) is 0 Å². The summed E-state index contributed by atoms with van der Waals surface area (Å²) in [5.41, 5.74) is 3.32. The van der Waals surface area contributed by atoms with Crippen LogP contribution in [0, 0.1) is 0 Å². The summed E-state index contributed by atoms with van der Waals surface area (Å²) in [5, 5.41) is 15.4. The Morgan fingerprint density at radius 2 is 1.77 bits per heavy atom. The predicted molar refractivity (Wildman–Crippen MR) is 133 cm³/mol. The van der Waals surface area contributed by atoms with Crippen LogP contribution in [-0.2, 0) is 4.79 Å². The molecule has 0 aromatic heterocycles. The van der Waals surface area contributed by atoms with Crippen LogP contribution in [0.25, 0.3) is 6.08 Å². The SMILES string of the molecule is CCNC(=NCC(=O)Nc1ccc(O)cc1)N1CCC(=Cc2ccccc2)CC1.I. The van der Waals surface area contributed by atoms with Crippen molar-refractivity contribution in [1.29, 1.82) is 0 Å². The maximum Gasteiger partial charge on any atom is 0.246 e. The van der Waals surface area contributed by atoms with Crippen LogP contribution >= 0.6 is 24.0 Å². The largest absolute Gasteiger partial charge is 0.508 e. The number of phenolic OH excluding ortho intramolecular Hbond substituents is 1. The van der Waals surface area contributed by atoms with E-state index in [1.165, 1.54) is 23.3 Å². The second-order valence-electron chi connectivity index (χ2n) is 6.97. The van der Waals surface area contributed by atoms with Crippen LogP contribution in [0.1, 0.15) is 25.3 Å². The number of nitrogens with zero attached hydrogens (tertiary/aromatic N) is 2. The van der Waals surface area contributed by atoms with Gasteiger partial charge < -0.3 is 20.6 Å². The molecule has 3 N–H and O–H groups in total. The van der Waals surface area contributed by atoms with Gasteiger partial charge in [0.1, 0.15) is 12.3 Å². The molecule has 1 heterocycles. The predicted octanol–water partition coefficient (Wildman–Crippen LogP) is 4.09. The second kappa shape index (κ2) is 12.2. The number of guanidine groups is 1. The van der Waals surface area contributed by atoms with E-state index in [1.807, 2.05) is 13.0 Å². The van der Waals surface area contributed by atoms with Crippen molar-refractivity contribution < 1.29 is 9.90 Å². The highest BCUT2D eigenvalue weighted by atomic mass is 127. The van der Waals surface area contributed by atoms with Crippen molar-refractivity contribution in [2.24, 2.45) is 4.99 Å². The van der Waals surface area contributed by atoms with Gasteiger partial charge in [-0.05, 0) is 49.6 Å². The Morgan fingerprint density at radius 3 is 2.40 bits per heavy atom. The van der Waals surface area contributed by atoms with Crippen LogP contribution in [0.3, 0.4) is 0 Å². The first-order valence-corrected chi connectivity index (χ1v) is 10.0. The molecule has 1 aliphatic rings. The molecule has 1 aliphatic heterocycles. The maximum atomic E-state index is 12.2. The molecule has 0 aliphatic carbocycles. The van der Waals surface area contributed by atoms with Crippen LogP contribution < -0.4 is 10.6 Å². The van der Waals surface area contributed by atoms with Crippen LogP contribution in [0.4, 0.5) is 5.69 Å². The Balaban J connectivity index is 0.00000320. The van der Waals surface area contributed by atoms with Gasteiger partial charge in [-0.3, -0.25) is 4.79 Å². The highest BCUT2D eigenvalue weighted by Gasteiger charge is 2.17. The van der Waals surface area contributed by atoms with Crippen molar-refractivity contribution in [2.75, 3.05) is 31.5 Å². The number of halogens is 1. The topological polar surface area (TPSA) is 77.0 Å². The van der Waals surface area contributed by atoms with Crippen molar-refractivity contribution in [2.45, 2.75) is 19.8 Å². The number of piperidine rings is 1. The average Bonchev–Trinajstić information content (AvgIpc) is 2.74. The number of benzene rings is 2. The molecular formula is C23H29IN4O2. The summed E-state index contributed by atoms with van der Waals surface area (Å²) in [6.45, 7) is 4.58. The van der Waals surface area contributed by atoms with E-state index in [1.54, 1.807) is 12.1 Å². The van der Waals surface area contributed by atoms with Crippen LogP contribution in [0.15, 0.2) is 65.2 Å². The summed E-state index contributed by atoms with van der Waals surface area (Å²) in [6.07, 6.45) is 4.24. The van der Waals surface area contributed by atoms with Gasteiger partial charge in [-0.1, -0.05) is 42.0 Å². The molecule has 6 nitrogen and oxygen atoms in total. The quantitative estimate of drug-likeness (QED) is 0.240. The van der Waals surface area contributed by atoms with Gasteiger partial charge in [0.25, 0.3) is 0 Å². The fourth-order valence-corrected chi connectivity index (χ4v) is 3.25. The van der Waals surface area contributed by atoms with Crippen molar-refractivity contribution >= 4 is 47.6 Å². The zero-order valence-corrected chi connectivity index (χ0v) is 19.5. The molecule has 0 bridgehead atoms. The number of nitrogens with one attached hydrogen (secondary N) is 2. The van der Waals surface area contributed by atoms with Gasteiger partial charge in [-0.15, -0.1) is 24.0 Å². The summed E-state index contributed by atoms with van der Waals surface area (Å²) in [7, 11) is 0. The lowest BCUT2D eigenvalue weighted by molar-refractivity contribution is -0.114. The van der Waals surface area contributed by atoms with Crippen molar-refractivity contribution in [1.82, 2.24) is 10.2 Å². The van der Waals surface area contributed by atoms with Crippen LogP contribution in [-0.4, -0.2) is 48.1 Å². The minimum atomic E-state index is -0.187. The standard InChI is InChI=1S/C23H28N4O2.HI/c1-2-24-23(25-17-22(29)26-20-8-10-21(28)11-9-20)27-14-12-19(13-15-27)16-18-6-4-3-5-7-18;/h3-11,16,28H,2,12-15,17H2,1H3,(H,24,25)(H,26,29);1H. The van der Waals surface area contributed by atoms with Gasteiger partial charge in [0.05, 0.1) is 0 Å². The number of hydrogen-bond acceptors (Lipinski definition) is 3. The molecule has 0 spiro atoms. The smallest absolute Gasteiger partial charge is 0.246 e. The molecular weight excluding hydrogens is 491 g/mol. The highest BCUT2D eigenvalue weighted by molar-refractivity contribution is 14.0. The number of hydrogen-bond donors (Lipinski definition) is 3. The summed E-state index contributed by atoms with van der Waals surface area (Å²) < 4.78 is 0. The number of carbonyl (C=O) groups is 1. The molecule has 0 saturated carbocycles. The molecule has 2 aromatic rings. The number of amides is 1. The first-order valence-electron chi connectivity index (χ1n) is 10.0. The number of aromatic hydroxyl groups is 1. The molecule has 0 atom stereocenters. The molecule has 1 amide bonds. The lowest BCUT2D eigenvalue weighted by Gasteiger charge is -2.31. The van der Waals surface area contributed by atoms with Crippen molar-refractivity contribution in [3.05, 3.63) is 65.7 Å². The molecule has 0 radical (unpaired) electrons. The van der Waals surface area contributed by atoms with E-state index in [0.29, 0.717) is 5.69 Å². The number of rotatable bonds is 5. The van der Waals surface area contributed by atoms with Crippen LogP contribution in [0.2, 0.25) is 0 Å². The molecule has 0 unspecified atom stereocenters. The summed E-state index contributed by atoms with van der Waals surface area (Å²) in [5.74, 6) is 0.751. The lowest BCUT2D eigenvalue weighted by atomic mass is 10.0. The number of aliphatic imine (C=N–C) groups is 1. The first-order chi connectivity index (χ1) is 14.1. The number of anilines is 1. The summed E-state index contributed by atoms with van der Waals surface area (Å²) in [6, 6.07) is 16.8. The Labute approximate surface area is 195 Å². The molecule has 30 heavy (non-hydrogen) atoms. The zero-order valence-electron chi connectivity index (χ0n) is 17.2. The second-order valence-corrected chi connectivity index (χ2v) is 6.97. The number of carbonyl (C=O) groups excluding carboxylic acids is 1. The van der Waals surface area contributed by atoms with E-state index < -0.39 is 0 Å². The van der Waals surface area contributed by atoms with Crippen molar-refractivity contribution in [3.8, 4) is 5.75 Å². The number of phenols is 1. The van der Waals surface area contributed by atoms with E-state index in [-0.39, 0.29) is 42.2 Å². The fraction of sp³-hybridized carbons (Fsp3) is 0.304. The van der Waals surface area contributed by atoms with Gasteiger partial charge in [-0.25, -0.2) is 4.99 Å². The van der Waals surface area contributed by atoms with E-state index in [4.69, 9.17) is 0 Å². The van der Waals surface area contributed by atoms with Gasteiger partial charge in [0, 0.05) is 25.3 Å². The van der Waals surface area contributed by atoms with Gasteiger partial charge >= 0.3 is 0 Å². The zero-order chi connectivity index (χ0) is 20.5. The molecule has 2 aromatic carbocycles. The number of likely N-dealkylation sites (tertiary alicyclic amines) is 1. The Morgan fingerprint density at radius 1 is 1.10 bits per heavy atom. The van der Waals surface area contributed by atoms with E-state index in [0.717, 1.165) is 38.4 Å². The Kier molecular flexibility index (Phi) is 9.66. The third-order valence-corrected chi connectivity index (χ3v) is 4.73. The Bertz CT molecular complexity index is 857. The van der Waals surface area contributed by atoms with E-state index >= 15 is 0 Å². The van der Waals surface area contributed by atoms with E-state index in [2.05, 4.69) is 50.9 Å². The highest BCUT2D eigenvalue weighted by Crippen LogP contribution is 2.19. The first kappa shape index (κ1) is 23.7. The minimum absolute atomic E-state index is 0. The van der Waals surface area contributed by atoms with Crippen LogP contribution in [0.5, 0.6) is 5.75 Å². The third kappa shape index (κ3) is 7.37. The monoisotopic (exact) mass is 520 g/mol. The van der Waals surface area contributed by atoms with Crippen molar-refractivity contribution in [3.63, 3.8) is 0 Å². The third-order valence-electron chi connectivity index (χ3n) is 4.73. The average molecular weight is 520 g/mol. The lowest BCUT2D eigenvalue weighted by Crippen LogP contribution is -2.44. The van der Waals surface area contributed by atoms with Gasteiger partial charge in [0.15, 0.2) is 5.96 Å². The molecule has 7 heteroatoms. The molecule has 1 saturated heterocycles. The summed E-state index contributed by atoms with van der Waals surface area (Å²) in [4.78, 5) is 18.9. The minimum Gasteiger partial charge on any atom is -0.508 e. The molecule has 1 fully saturated rings. The normalized spacial score (nSPS) is 14.0. The van der Waals surface area contributed by atoms with Gasteiger partial charge in [0.2, 0.25) is 5.91 Å².